The summed E-state index contributed by atoms with van der Waals surface area (Å²) in [6.07, 6.45) is 0.771. The van der Waals surface area contributed by atoms with Gasteiger partial charge in [0.1, 0.15) is 5.78 Å². The number of likely N-dealkylation sites (tertiary alicyclic amines) is 1. The van der Waals surface area contributed by atoms with Crippen LogP contribution >= 0.6 is 0 Å². The molecule has 0 spiro atoms. The van der Waals surface area contributed by atoms with Gasteiger partial charge in [-0.3, -0.25) is 4.79 Å². The summed E-state index contributed by atoms with van der Waals surface area (Å²) >= 11 is 0. The highest BCUT2D eigenvalue weighted by Gasteiger charge is 2.29. The van der Waals surface area contributed by atoms with Crippen LogP contribution in [0.25, 0.3) is 0 Å². The van der Waals surface area contributed by atoms with Crippen LogP contribution in [0.3, 0.4) is 0 Å². The summed E-state index contributed by atoms with van der Waals surface area (Å²) < 4.78 is 0. The minimum Gasteiger partial charge on any atom is -0.334 e. The normalized spacial score (nSPS) is 41.9. The minimum absolute atomic E-state index is 0.288. The Kier molecular flexibility index (Phi) is 2.09. The summed E-state index contributed by atoms with van der Waals surface area (Å²) in [5.74, 6) is 0.731. The maximum Gasteiger partial charge on any atom is 0.147 e. The lowest BCUT2D eigenvalue weighted by atomic mass is 9.94. The number of hydrogen-bond acceptors (Lipinski definition) is 1. The number of carbonyl (C=O) groups excluding carboxylic acids is 1. The van der Waals surface area contributed by atoms with Gasteiger partial charge in [-0.25, -0.2) is 0 Å². The van der Waals surface area contributed by atoms with Crippen LogP contribution in [0.2, 0.25) is 0 Å². The van der Waals surface area contributed by atoms with E-state index in [1.807, 2.05) is 6.92 Å². The monoisotopic (exact) mass is 142 g/mol. The van der Waals surface area contributed by atoms with Crippen molar-refractivity contribution < 1.29 is 9.69 Å². The van der Waals surface area contributed by atoms with Gasteiger partial charge in [-0.05, 0) is 6.92 Å². The maximum absolute atomic E-state index is 11.1. The molecule has 1 rings (SSSR count). The number of quaternary nitrogens is 1. The minimum atomic E-state index is 0.288. The van der Waals surface area contributed by atoms with Crippen LogP contribution in [0.4, 0.5) is 0 Å². The molecule has 0 aromatic carbocycles. The molecule has 1 fully saturated rings. The molecule has 0 aromatic rings. The molecule has 1 heterocycles. The highest BCUT2D eigenvalue weighted by atomic mass is 16.1. The van der Waals surface area contributed by atoms with Gasteiger partial charge in [0.2, 0.25) is 0 Å². The Morgan fingerprint density at radius 3 is 2.60 bits per heavy atom. The van der Waals surface area contributed by atoms with Crippen LogP contribution in [0.5, 0.6) is 0 Å². The van der Waals surface area contributed by atoms with E-state index in [0.717, 1.165) is 13.0 Å². The summed E-state index contributed by atoms with van der Waals surface area (Å²) in [5.41, 5.74) is 0. The second-order valence-electron chi connectivity index (χ2n) is 3.52. The molecule has 1 saturated heterocycles. The van der Waals surface area contributed by atoms with Gasteiger partial charge < -0.3 is 4.90 Å². The average molecular weight is 142 g/mol. The summed E-state index contributed by atoms with van der Waals surface area (Å²) in [6.45, 7) is 5.18. The number of piperidine rings is 1. The number of Topliss-reactive ketones (excluding diaryl/α,β-unsaturated/α-hetero) is 1. The standard InChI is InChI=1S/C8H15NO/c1-6-5-9(3)7(2)4-8(6)10/h6-7H,4-5H2,1-3H3/p+1/t6-,7+/m1/s1. The molecule has 2 nitrogen and oxygen atoms in total. The lowest BCUT2D eigenvalue weighted by molar-refractivity contribution is -0.908. The van der Waals surface area contributed by atoms with Crippen molar-refractivity contribution in [2.75, 3.05) is 13.6 Å². The van der Waals surface area contributed by atoms with Crippen LogP contribution < -0.4 is 4.90 Å². The van der Waals surface area contributed by atoms with E-state index < -0.39 is 0 Å². The Bertz CT molecular complexity index is 144. The molecule has 2 heteroatoms. The molecule has 0 radical (unpaired) electrons. The second kappa shape index (κ2) is 2.70. The molecule has 58 valence electrons. The zero-order valence-corrected chi connectivity index (χ0v) is 6.98. The Morgan fingerprint density at radius 1 is 1.50 bits per heavy atom. The van der Waals surface area contributed by atoms with Gasteiger partial charge in [-0.15, -0.1) is 0 Å². The Balaban J connectivity index is 2.54. The Labute approximate surface area is 62.2 Å². The molecule has 3 atom stereocenters. The number of rotatable bonds is 0. The molecule has 1 unspecified atom stereocenters. The number of ketones is 1. The molecular weight excluding hydrogens is 126 g/mol. The summed E-state index contributed by atoms with van der Waals surface area (Å²) in [7, 11) is 2.16. The molecule has 1 aliphatic heterocycles. The third-order valence-electron chi connectivity index (χ3n) is 2.53. The molecule has 0 bridgehead atoms. The second-order valence-corrected chi connectivity index (χ2v) is 3.52. The zero-order chi connectivity index (χ0) is 7.72. The predicted molar refractivity (Wildman–Crippen MR) is 40.0 cm³/mol. The van der Waals surface area contributed by atoms with E-state index >= 15 is 0 Å². The first kappa shape index (κ1) is 7.73. The van der Waals surface area contributed by atoms with Crippen LogP contribution in [0, 0.1) is 5.92 Å². The van der Waals surface area contributed by atoms with Crippen LogP contribution in [0.1, 0.15) is 20.3 Å². The van der Waals surface area contributed by atoms with Gasteiger partial charge in [-0.1, -0.05) is 6.92 Å². The number of nitrogens with one attached hydrogen (secondary N) is 1. The molecule has 0 saturated carbocycles. The van der Waals surface area contributed by atoms with Crippen molar-refractivity contribution in [2.45, 2.75) is 26.3 Å². The topological polar surface area (TPSA) is 21.5 Å². The van der Waals surface area contributed by atoms with Crippen molar-refractivity contribution >= 4 is 5.78 Å². The first-order valence-electron chi connectivity index (χ1n) is 3.96. The fraction of sp³-hybridized carbons (Fsp3) is 0.875. The van der Waals surface area contributed by atoms with Crippen molar-refractivity contribution in [2.24, 2.45) is 5.92 Å². The summed E-state index contributed by atoms with van der Waals surface area (Å²) in [4.78, 5) is 12.6. The molecular formula is C8H16NO+. The van der Waals surface area contributed by atoms with Crippen molar-refractivity contribution in [3.05, 3.63) is 0 Å². The first-order chi connectivity index (χ1) is 4.61. The number of hydrogen-bond donors (Lipinski definition) is 1. The highest BCUT2D eigenvalue weighted by molar-refractivity contribution is 5.81. The summed E-state index contributed by atoms with van der Waals surface area (Å²) in [6, 6.07) is 0.531. The fourth-order valence-corrected chi connectivity index (χ4v) is 1.48. The van der Waals surface area contributed by atoms with E-state index in [1.165, 1.54) is 4.90 Å². The van der Waals surface area contributed by atoms with E-state index in [1.54, 1.807) is 0 Å². The average Bonchev–Trinajstić information content (AvgIpc) is 1.84. The SMILES string of the molecule is C[C@@H]1C[NH+](C)[C@@H](C)CC1=O. The van der Waals surface area contributed by atoms with E-state index in [2.05, 4.69) is 14.0 Å². The number of carbonyl (C=O) groups is 1. The Morgan fingerprint density at radius 2 is 2.10 bits per heavy atom. The van der Waals surface area contributed by atoms with Crippen molar-refractivity contribution in [1.29, 1.82) is 0 Å². The lowest BCUT2D eigenvalue weighted by Crippen LogP contribution is -3.14. The quantitative estimate of drug-likeness (QED) is 0.484. The van der Waals surface area contributed by atoms with Crippen molar-refractivity contribution in [3.63, 3.8) is 0 Å². The van der Waals surface area contributed by atoms with Gasteiger partial charge in [0.05, 0.1) is 32.0 Å². The third-order valence-corrected chi connectivity index (χ3v) is 2.53. The summed E-state index contributed by atoms with van der Waals surface area (Å²) in [5, 5.41) is 0. The van der Waals surface area contributed by atoms with E-state index in [9.17, 15) is 4.79 Å². The predicted octanol–water partition coefficient (Wildman–Crippen LogP) is -0.501. The first-order valence-corrected chi connectivity index (χ1v) is 3.96. The van der Waals surface area contributed by atoms with Gasteiger partial charge in [0.15, 0.2) is 0 Å². The van der Waals surface area contributed by atoms with Gasteiger partial charge >= 0.3 is 0 Å². The van der Waals surface area contributed by atoms with Crippen molar-refractivity contribution in [1.82, 2.24) is 0 Å². The van der Waals surface area contributed by atoms with Crippen LogP contribution in [-0.2, 0) is 4.79 Å². The molecule has 0 amide bonds. The Hall–Kier alpha value is -0.370. The molecule has 0 aromatic heterocycles. The van der Waals surface area contributed by atoms with Crippen LogP contribution in [0.15, 0.2) is 0 Å². The van der Waals surface area contributed by atoms with E-state index in [4.69, 9.17) is 0 Å². The highest BCUT2D eigenvalue weighted by Crippen LogP contribution is 2.04. The molecule has 1 N–H and O–H groups in total. The smallest absolute Gasteiger partial charge is 0.147 e. The zero-order valence-electron chi connectivity index (χ0n) is 6.98. The lowest BCUT2D eigenvalue weighted by Gasteiger charge is -2.29. The fourth-order valence-electron chi connectivity index (χ4n) is 1.48. The molecule has 1 aliphatic rings. The molecule has 0 aliphatic carbocycles. The van der Waals surface area contributed by atoms with Gasteiger partial charge in [0.25, 0.3) is 0 Å². The van der Waals surface area contributed by atoms with Gasteiger partial charge in [-0.2, -0.15) is 0 Å². The van der Waals surface area contributed by atoms with Crippen LogP contribution in [-0.4, -0.2) is 25.4 Å². The molecule has 10 heavy (non-hydrogen) atoms. The van der Waals surface area contributed by atoms with E-state index in [-0.39, 0.29) is 5.92 Å². The largest absolute Gasteiger partial charge is 0.334 e. The van der Waals surface area contributed by atoms with Crippen molar-refractivity contribution in [3.8, 4) is 0 Å². The maximum atomic E-state index is 11.1. The van der Waals surface area contributed by atoms with E-state index in [0.29, 0.717) is 11.8 Å². The third kappa shape index (κ3) is 1.37. The van der Waals surface area contributed by atoms with Gasteiger partial charge in [0, 0.05) is 0 Å².